The summed E-state index contributed by atoms with van der Waals surface area (Å²) in [6.45, 7) is 8.06. The van der Waals surface area contributed by atoms with Gasteiger partial charge < -0.3 is 9.64 Å². The van der Waals surface area contributed by atoms with Gasteiger partial charge in [0.15, 0.2) is 9.84 Å². The van der Waals surface area contributed by atoms with Crippen molar-refractivity contribution in [3.05, 3.63) is 64.7 Å². The molecule has 0 radical (unpaired) electrons. The number of morpholine rings is 1. The monoisotopic (exact) mass is 451 g/mol. The lowest BCUT2D eigenvalue weighted by atomic mass is 10.0. The predicted octanol–water partition coefficient (Wildman–Crippen LogP) is 4.69. The molecule has 0 N–H and O–H groups in total. The molecule has 0 aliphatic carbocycles. The molecule has 4 nitrogen and oxygen atoms in total. The fraction of sp³-hybridized carbons (Fsp3) is 0.500. The largest absolute Gasteiger partial charge is 0.372 e. The summed E-state index contributed by atoms with van der Waals surface area (Å²) < 4.78 is 59.3. The minimum atomic E-state index is -3.14. The van der Waals surface area contributed by atoms with Gasteiger partial charge in [0, 0.05) is 13.1 Å². The molecule has 3 rings (SSSR count). The number of ether oxygens (including phenoxy) is 1. The summed E-state index contributed by atoms with van der Waals surface area (Å²) in [6.07, 6.45) is 0.941. The van der Waals surface area contributed by atoms with Gasteiger partial charge in [-0.05, 0) is 69.4 Å². The quantitative estimate of drug-likeness (QED) is 0.613. The van der Waals surface area contributed by atoms with Crippen LogP contribution in [0.2, 0.25) is 0 Å². The van der Waals surface area contributed by atoms with Gasteiger partial charge in [-0.1, -0.05) is 24.3 Å². The van der Waals surface area contributed by atoms with Crippen molar-refractivity contribution in [2.45, 2.75) is 63.7 Å². The average molecular weight is 452 g/mol. The summed E-state index contributed by atoms with van der Waals surface area (Å²) in [6, 6.07) is 10.2. The van der Waals surface area contributed by atoms with Crippen molar-refractivity contribution in [1.29, 1.82) is 0 Å². The van der Waals surface area contributed by atoms with E-state index in [1.807, 2.05) is 26.0 Å². The first-order chi connectivity index (χ1) is 14.5. The number of halogens is 2. The molecule has 2 atom stereocenters. The number of nitrogens with zero attached hydrogens (tertiary/aromatic N) is 1. The van der Waals surface area contributed by atoms with Crippen LogP contribution in [-0.2, 0) is 33.2 Å². The van der Waals surface area contributed by atoms with Gasteiger partial charge in [0.05, 0.1) is 23.2 Å². The average Bonchev–Trinajstić information content (AvgIpc) is 2.66. The van der Waals surface area contributed by atoms with Crippen LogP contribution in [0, 0.1) is 11.6 Å². The van der Waals surface area contributed by atoms with E-state index < -0.39 is 26.7 Å². The summed E-state index contributed by atoms with van der Waals surface area (Å²) in [4.78, 5) is 1.72. The maximum Gasteiger partial charge on any atom is 0.156 e. The number of hydrogen-bond acceptors (Lipinski definition) is 4. The fourth-order valence-electron chi connectivity index (χ4n) is 3.91. The van der Waals surface area contributed by atoms with E-state index in [-0.39, 0.29) is 23.6 Å². The molecule has 1 saturated heterocycles. The number of sulfone groups is 1. The fourth-order valence-corrected chi connectivity index (χ4v) is 4.91. The van der Waals surface area contributed by atoms with Crippen LogP contribution in [0.1, 0.15) is 44.4 Å². The highest BCUT2D eigenvalue weighted by molar-refractivity contribution is 7.91. The number of anilines is 1. The number of hydrogen-bond donors (Lipinski definition) is 0. The van der Waals surface area contributed by atoms with Crippen molar-refractivity contribution in [3.8, 4) is 0 Å². The molecule has 1 aliphatic heterocycles. The molecule has 7 heteroatoms. The zero-order valence-electron chi connectivity index (χ0n) is 18.6. The summed E-state index contributed by atoms with van der Waals surface area (Å²) >= 11 is 0. The highest BCUT2D eigenvalue weighted by Crippen LogP contribution is 2.28. The van der Waals surface area contributed by atoms with Gasteiger partial charge in [-0.2, -0.15) is 0 Å². The Labute approximate surface area is 184 Å². The number of rotatable bonds is 7. The smallest absolute Gasteiger partial charge is 0.156 e. The van der Waals surface area contributed by atoms with Crippen LogP contribution in [0.25, 0.3) is 0 Å². The van der Waals surface area contributed by atoms with E-state index >= 15 is 0 Å². The van der Waals surface area contributed by atoms with Crippen LogP contribution in [0.5, 0.6) is 0 Å². The van der Waals surface area contributed by atoms with Crippen LogP contribution in [0.3, 0.4) is 0 Å². The van der Waals surface area contributed by atoms with E-state index in [0.717, 1.165) is 11.1 Å². The lowest BCUT2D eigenvalue weighted by Gasteiger charge is -2.37. The molecule has 1 fully saturated rings. The van der Waals surface area contributed by atoms with E-state index in [1.54, 1.807) is 30.9 Å². The Kier molecular flexibility index (Phi) is 7.37. The number of benzene rings is 2. The number of aryl methyl sites for hydroxylation is 2. The predicted molar refractivity (Wildman–Crippen MR) is 120 cm³/mol. The zero-order chi connectivity index (χ0) is 22.8. The first-order valence-electron chi connectivity index (χ1n) is 10.7. The van der Waals surface area contributed by atoms with Crippen LogP contribution >= 0.6 is 0 Å². The molecule has 31 heavy (non-hydrogen) atoms. The van der Waals surface area contributed by atoms with Gasteiger partial charge >= 0.3 is 0 Å². The normalized spacial score (nSPS) is 19.8. The molecule has 0 unspecified atom stereocenters. The summed E-state index contributed by atoms with van der Waals surface area (Å²) in [5, 5.41) is -0.413. The van der Waals surface area contributed by atoms with Gasteiger partial charge in [0.1, 0.15) is 17.3 Å². The Morgan fingerprint density at radius 2 is 1.42 bits per heavy atom. The molecule has 0 aromatic heterocycles. The van der Waals surface area contributed by atoms with Gasteiger partial charge in [0.2, 0.25) is 0 Å². The van der Waals surface area contributed by atoms with Crippen LogP contribution in [0.15, 0.2) is 36.4 Å². The maximum absolute atomic E-state index is 14.8. The Morgan fingerprint density at radius 1 is 0.935 bits per heavy atom. The lowest BCUT2D eigenvalue weighted by molar-refractivity contribution is -0.00558. The first kappa shape index (κ1) is 23.7. The third-order valence-corrected chi connectivity index (χ3v) is 7.80. The molecule has 0 spiro atoms. The summed E-state index contributed by atoms with van der Waals surface area (Å²) in [7, 11) is -3.14. The van der Waals surface area contributed by atoms with E-state index in [2.05, 4.69) is 0 Å². The van der Waals surface area contributed by atoms with E-state index in [9.17, 15) is 17.2 Å². The van der Waals surface area contributed by atoms with Crippen molar-refractivity contribution in [1.82, 2.24) is 0 Å². The van der Waals surface area contributed by atoms with Crippen LogP contribution in [-0.4, -0.2) is 39.0 Å². The molecule has 2 aromatic carbocycles. The van der Waals surface area contributed by atoms with E-state index in [0.29, 0.717) is 31.5 Å². The van der Waals surface area contributed by atoms with Crippen molar-refractivity contribution in [3.63, 3.8) is 0 Å². The van der Waals surface area contributed by atoms with Gasteiger partial charge in [-0.25, -0.2) is 17.2 Å². The second-order valence-corrected chi connectivity index (χ2v) is 11.3. The minimum absolute atomic E-state index is 0.0152. The summed E-state index contributed by atoms with van der Waals surface area (Å²) in [5.41, 5.74) is 2.35. The van der Waals surface area contributed by atoms with Gasteiger partial charge in [0.25, 0.3) is 0 Å². The minimum Gasteiger partial charge on any atom is -0.372 e. The van der Waals surface area contributed by atoms with Crippen molar-refractivity contribution < 1.29 is 21.9 Å². The van der Waals surface area contributed by atoms with Gasteiger partial charge in [-0.3, -0.25) is 0 Å². The Balaban J connectivity index is 1.66. The highest BCUT2D eigenvalue weighted by Gasteiger charge is 2.27. The van der Waals surface area contributed by atoms with Crippen molar-refractivity contribution >= 4 is 15.5 Å². The molecule has 0 amide bonds. The van der Waals surface area contributed by atoms with Crippen molar-refractivity contribution in [2.75, 3.05) is 18.0 Å². The second-order valence-electron chi connectivity index (χ2n) is 8.74. The third-order valence-electron chi connectivity index (χ3n) is 5.62. The van der Waals surface area contributed by atoms with E-state index in [4.69, 9.17) is 4.74 Å². The van der Waals surface area contributed by atoms with E-state index in [1.165, 1.54) is 12.1 Å². The Morgan fingerprint density at radius 3 is 1.94 bits per heavy atom. The molecule has 170 valence electrons. The highest BCUT2D eigenvalue weighted by atomic mass is 32.2. The summed E-state index contributed by atoms with van der Waals surface area (Å²) in [5.74, 6) is -1.09. The molecule has 0 saturated carbocycles. The first-order valence-corrected chi connectivity index (χ1v) is 12.4. The topological polar surface area (TPSA) is 46.6 Å². The SMILES string of the molecule is CC(C)S(=O)(=O)Cc1ccc(CCc2cc(F)c(N3C[C@@H](C)O[C@@H](C)C3)c(F)c2)cc1. The molecular weight excluding hydrogens is 420 g/mol. The molecule has 2 aromatic rings. The van der Waals surface area contributed by atoms with Crippen LogP contribution < -0.4 is 4.90 Å². The Bertz CT molecular complexity index is 973. The molecular formula is C24H31F2NO3S. The Hall–Kier alpha value is -1.99. The zero-order valence-corrected chi connectivity index (χ0v) is 19.4. The third kappa shape index (κ3) is 6.04. The van der Waals surface area contributed by atoms with Gasteiger partial charge in [-0.15, -0.1) is 0 Å². The molecule has 0 bridgehead atoms. The van der Waals surface area contributed by atoms with Crippen molar-refractivity contribution in [2.24, 2.45) is 0 Å². The molecule has 1 aliphatic rings. The lowest BCUT2D eigenvalue weighted by Crippen LogP contribution is -2.46. The second kappa shape index (κ2) is 9.65. The van der Waals surface area contributed by atoms with Crippen LogP contribution in [0.4, 0.5) is 14.5 Å². The standard InChI is InChI=1S/C24H31F2NO3S/c1-16(2)31(28,29)15-20-8-5-19(6-9-20)7-10-21-11-22(25)24(23(26)12-21)27-13-17(3)30-18(4)14-27/h5-6,8-9,11-12,16-18H,7,10,13-15H2,1-4H3/t17-,18+. The molecule has 1 heterocycles. The maximum atomic E-state index is 14.8.